The molecule has 2 N–H and O–H groups in total. The zero-order chi connectivity index (χ0) is 30.2. The number of carbonyl (C=O) groups is 1. The van der Waals surface area contributed by atoms with Crippen molar-refractivity contribution in [3.8, 4) is 11.5 Å². The maximum absolute atomic E-state index is 14.4. The highest BCUT2D eigenvalue weighted by atomic mass is 79.9. The van der Waals surface area contributed by atoms with Crippen LogP contribution in [0.4, 0.5) is 0 Å². The van der Waals surface area contributed by atoms with Gasteiger partial charge in [-0.15, -0.1) is 0 Å². The fourth-order valence-corrected chi connectivity index (χ4v) is 5.70. The quantitative estimate of drug-likeness (QED) is 0.158. The van der Waals surface area contributed by atoms with Gasteiger partial charge in [-0.05, 0) is 65.7 Å². The number of carbonyl (C=O) groups excluding carboxylic acids is 1. The number of rotatable bonds is 12. The number of hydrogen-bond donors (Lipinski definition) is 2. The molecule has 0 saturated carbocycles. The standard InChI is InChI=1S/C34H32Br2N2O5/c1-41-27-15-9-24(10-16-27)22-37-33(40)34(21-23-7-13-26(35)14-8-23)31(29-5-2-3-6-30(29)36)43-32(38-34)25-11-17-28(18-12-25)42-20-4-19-39/h2-3,5-18,31,39H,4,19-22H2,1H3,(H,37,40)/t31-,34-/m1/s1. The Morgan fingerprint density at radius 2 is 1.60 bits per heavy atom. The minimum Gasteiger partial charge on any atom is -0.497 e. The number of aliphatic hydroxyl groups is 1. The van der Waals surface area contributed by atoms with Crippen molar-refractivity contribution in [2.75, 3.05) is 20.3 Å². The maximum atomic E-state index is 14.4. The molecule has 9 heteroatoms. The molecule has 1 amide bonds. The Hall–Kier alpha value is -3.66. The number of aliphatic hydroxyl groups excluding tert-OH is 1. The molecule has 0 fully saturated rings. The van der Waals surface area contributed by atoms with Gasteiger partial charge in [-0.2, -0.15) is 0 Å². The number of hydrogen-bond acceptors (Lipinski definition) is 6. The lowest BCUT2D eigenvalue weighted by molar-refractivity contribution is -0.129. The van der Waals surface area contributed by atoms with Crippen molar-refractivity contribution in [2.45, 2.75) is 31.0 Å². The summed E-state index contributed by atoms with van der Waals surface area (Å²) in [5, 5.41) is 12.2. The van der Waals surface area contributed by atoms with Gasteiger partial charge in [0.05, 0.1) is 13.7 Å². The van der Waals surface area contributed by atoms with Gasteiger partial charge in [-0.25, -0.2) is 4.99 Å². The molecule has 2 atom stereocenters. The highest BCUT2D eigenvalue weighted by Crippen LogP contribution is 2.44. The Labute approximate surface area is 268 Å². The number of halogens is 2. The molecule has 0 aliphatic carbocycles. The summed E-state index contributed by atoms with van der Waals surface area (Å²) < 4.78 is 19.4. The highest BCUT2D eigenvalue weighted by molar-refractivity contribution is 9.10. The van der Waals surface area contributed by atoms with Gasteiger partial charge >= 0.3 is 0 Å². The number of amides is 1. The maximum Gasteiger partial charge on any atom is 0.252 e. The van der Waals surface area contributed by atoms with Crippen LogP contribution in [0.25, 0.3) is 0 Å². The van der Waals surface area contributed by atoms with Gasteiger partial charge in [-0.3, -0.25) is 4.79 Å². The smallest absolute Gasteiger partial charge is 0.252 e. The van der Waals surface area contributed by atoms with E-state index in [1.54, 1.807) is 7.11 Å². The fraction of sp³-hybridized carbons (Fsp3) is 0.235. The summed E-state index contributed by atoms with van der Waals surface area (Å²) in [6.07, 6.45) is 0.153. The molecule has 5 rings (SSSR count). The highest BCUT2D eigenvalue weighted by Gasteiger charge is 2.53. The largest absolute Gasteiger partial charge is 0.497 e. The summed E-state index contributed by atoms with van der Waals surface area (Å²) >= 11 is 7.21. The van der Waals surface area contributed by atoms with Crippen molar-refractivity contribution in [1.82, 2.24) is 5.32 Å². The molecular weight excluding hydrogens is 676 g/mol. The summed E-state index contributed by atoms with van der Waals surface area (Å²) in [5.74, 6) is 1.56. The predicted molar refractivity (Wildman–Crippen MR) is 174 cm³/mol. The zero-order valence-electron chi connectivity index (χ0n) is 23.6. The molecule has 1 aliphatic heterocycles. The van der Waals surface area contributed by atoms with Crippen molar-refractivity contribution >= 4 is 43.7 Å². The molecule has 4 aromatic carbocycles. The normalized spacial score (nSPS) is 17.6. The van der Waals surface area contributed by atoms with Gasteiger partial charge in [0.15, 0.2) is 11.6 Å². The van der Waals surface area contributed by atoms with E-state index in [0.717, 1.165) is 36.9 Å². The predicted octanol–water partition coefficient (Wildman–Crippen LogP) is 6.80. The van der Waals surface area contributed by atoms with Crippen molar-refractivity contribution < 1.29 is 24.1 Å². The minimum absolute atomic E-state index is 0.0696. The first-order chi connectivity index (χ1) is 20.9. The lowest BCUT2D eigenvalue weighted by Crippen LogP contribution is -2.49. The van der Waals surface area contributed by atoms with Gasteiger partial charge < -0.3 is 24.6 Å². The summed E-state index contributed by atoms with van der Waals surface area (Å²) in [6.45, 7) is 0.806. The van der Waals surface area contributed by atoms with E-state index in [1.807, 2.05) is 97.1 Å². The molecule has 1 aliphatic rings. The number of nitrogens with one attached hydrogen (secondary N) is 1. The van der Waals surface area contributed by atoms with E-state index in [1.165, 1.54) is 0 Å². The first-order valence-electron chi connectivity index (χ1n) is 13.9. The van der Waals surface area contributed by atoms with Gasteiger partial charge in [0.2, 0.25) is 5.90 Å². The Morgan fingerprint density at radius 3 is 2.28 bits per heavy atom. The monoisotopic (exact) mass is 706 g/mol. The summed E-state index contributed by atoms with van der Waals surface area (Å²) in [5.41, 5.74) is 2.12. The first-order valence-corrected chi connectivity index (χ1v) is 15.5. The second-order valence-corrected chi connectivity index (χ2v) is 11.9. The van der Waals surface area contributed by atoms with Crippen molar-refractivity contribution in [3.05, 3.63) is 128 Å². The van der Waals surface area contributed by atoms with E-state index in [-0.39, 0.29) is 12.5 Å². The van der Waals surface area contributed by atoms with Gasteiger partial charge in [0, 0.05) is 46.1 Å². The van der Waals surface area contributed by atoms with Crippen LogP contribution < -0.4 is 14.8 Å². The van der Waals surface area contributed by atoms with Crippen LogP contribution in [-0.2, 0) is 22.5 Å². The third-order valence-corrected chi connectivity index (χ3v) is 8.47. The van der Waals surface area contributed by atoms with Crippen molar-refractivity contribution in [3.63, 3.8) is 0 Å². The summed E-state index contributed by atoms with van der Waals surface area (Å²) in [7, 11) is 1.62. The van der Waals surface area contributed by atoms with Crippen molar-refractivity contribution in [2.24, 2.45) is 4.99 Å². The lowest BCUT2D eigenvalue weighted by Gasteiger charge is -2.31. The SMILES string of the molecule is COc1ccc(CNC(=O)[C@]2(Cc3ccc(Br)cc3)N=C(c3ccc(OCCCO)cc3)O[C@@H]2c2ccccc2Br)cc1. The minimum atomic E-state index is -1.31. The van der Waals surface area contributed by atoms with Crippen LogP contribution in [0.5, 0.6) is 11.5 Å². The Balaban J connectivity index is 1.54. The molecule has 43 heavy (non-hydrogen) atoms. The van der Waals surface area contributed by atoms with E-state index >= 15 is 0 Å². The van der Waals surface area contributed by atoms with Crippen molar-refractivity contribution in [1.29, 1.82) is 0 Å². The van der Waals surface area contributed by atoms with E-state index < -0.39 is 11.6 Å². The average Bonchev–Trinajstić information content (AvgIpc) is 3.42. The lowest BCUT2D eigenvalue weighted by atomic mass is 9.82. The third-order valence-electron chi connectivity index (χ3n) is 7.22. The van der Waals surface area contributed by atoms with E-state index in [0.29, 0.717) is 37.6 Å². The topological polar surface area (TPSA) is 89.4 Å². The van der Waals surface area contributed by atoms with Crippen LogP contribution in [0.15, 0.2) is 111 Å². The zero-order valence-corrected chi connectivity index (χ0v) is 26.8. The van der Waals surface area contributed by atoms with Crippen LogP contribution in [-0.4, -0.2) is 42.8 Å². The molecule has 7 nitrogen and oxygen atoms in total. The van der Waals surface area contributed by atoms with Crippen LogP contribution in [0.3, 0.4) is 0 Å². The Morgan fingerprint density at radius 1 is 0.930 bits per heavy atom. The number of aliphatic imine (C=N–C) groups is 1. The van der Waals surface area contributed by atoms with Gasteiger partial charge in [0.1, 0.15) is 11.5 Å². The summed E-state index contributed by atoms with van der Waals surface area (Å²) in [4.78, 5) is 19.5. The average molecular weight is 708 g/mol. The molecule has 222 valence electrons. The molecule has 0 unspecified atom stereocenters. The van der Waals surface area contributed by atoms with Crippen LogP contribution in [0, 0.1) is 0 Å². The molecule has 1 heterocycles. The third kappa shape index (κ3) is 7.29. The Bertz CT molecular complexity index is 1560. The molecule has 0 aromatic heterocycles. The van der Waals surface area contributed by atoms with Gasteiger partial charge in [-0.1, -0.05) is 74.3 Å². The number of ether oxygens (including phenoxy) is 3. The first kappa shape index (κ1) is 30.8. The molecular formula is C34H32Br2N2O5. The van der Waals surface area contributed by atoms with Gasteiger partial charge in [0.25, 0.3) is 5.91 Å². The number of benzene rings is 4. The number of nitrogens with zero attached hydrogens (tertiary/aromatic N) is 1. The molecule has 0 saturated heterocycles. The Kier molecular flexibility index (Phi) is 10.2. The van der Waals surface area contributed by atoms with E-state index in [9.17, 15) is 4.79 Å². The number of methoxy groups -OCH3 is 1. The van der Waals surface area contributed by atoms with Crippen LogP contribution in [0.1, 0.15) is 34.8 Å². The van der Waals surface area contributed by atoms with Crippen LogP contribution >= 0.6 is 31.9 Å². The molecule has 0 radical (unpaired) electrons. The molecule has 0 bridgehead atoms. The molecule has 4 aromatic rings. The van der Waals surface area contributed by atoms with E-state index in [4.69, 9.17) is 24.3 Å². The second-order valence-electron chi connectivity index (χ2n) is 10.1. The summed E-state index contributed by atoms with van der Waals surface area (Å²) in [6, 6.07) is 30.7. The second kappa shape index (κ2) is 14.2. The van der Waals surface area contributed by atoms with E-state index in [2.05, 4.69) is 37.2 Å². The fourth-order valence-electron chi connectivity index (χ4n) is 4.94. The van der Waals surface area contributed by atoms with Crippen LogP contribution in [0.2, 0.25) is 0 Å². The molecule has 0 spiro atoms.